The second-order valence-electron chi connectivity index (χ2n) is 5.83. The maximum absolute atomic E-state index is 14.8. The molecule has 2 heterocycles. The van der Waals surface area contributed by atoms with Crippen LogP contribution in [-0.2, 0) is 6.61 Å². The van der Waals surface area contributed by atoms with Crippen LogP contribution in [-0.4, -0.2) is 20.4 Å². The number of ether oxygens (including phenoxy) is 2. The smallest absolute Gasteiger partial charge is 0.210 e. The van der Waals surface area contributed by atoms with Crippen molar-refractivity contribution in [2.75, 3.05) is 0 Å². The first-order valence-corrected chi connectivity index (χ1v) is 8.57. The van der Waals surface area contributed by atoms with Crippen molar-refractivity contribution in [2.45, 2.75) is 6.61 Å². The first-order valence-electron chi connectivity index (χ1n) is 8.19. The number of nitriles is 1. The predicted molar refractivity (Wildman–Crippen MR) is 98.6 cm³/mol. The van der Waals surface area contributed by atoms with Crippen LogP contribution < -0.4 is 9.47 Å². The minimum absolute atomic E-state index is 0.0147. The second-order valence-corrected chi connectivity index (χ2v) is 6.27. The third-order valence-corrected chi connectivity index (χ3v) is 4.14. The van der Waals surface area contributed by atoms with Crippen LogP contribution in [0.2, 0.25) is 5.02 Å². The number of aromatic amines is 1. The summed E-state index contributed by atoms with van der Waals surface area (Å²) in [6.45, 7) is -0.0938. The Kier molecular flexibility index (Phi) is 4.93. The first kappa shape index (κ1) is 18.6. The SMILES string of the molecule is N#Cc1cc(Cl)cc(Oc2c(F)ccc(OCc3n[nH]c4nnccc34)c2F)c1. The molecule has 0 aliphatic rings. The summed E-state index contributed by atoms with van der Waals surface area (Å²) in [5.41, 5.74) is 1.13. The molecule has 0 fully saturated rings. The molecule has 0 saturated heterocycles. The van der Waals surface area contributed by atoms with E-state index in [2.05, 4.69) is 20.4 Å². The van der Waals surface area contributed by atoms with E-state index >= 15 is 0 Å². The van der Waals surface area contributed by atoms with E-state index in [1.807, 2.05) is 6.07 Å². The van der Waals surface area contributed by atoms with Gasteiger partial charge in [-0.05, 0) is 36.4 Å². The van der Waals surface area contributed by atoms with E-state index in [0.717, 1.165) is 12.1 Å². The quantitative estimate of drug-likeness (QED) is 0.516. The second kappa shape index (κ2) is 7.69. The van der Waals surface area contributed by atoms with Gasteiger partial charge in [-0.2, -0.15) is 19.8 Å². The monoisotopic (exact) mass is 413 g/mol. The van der Waals surface area contributed by atoms with E-state index in [1.165, 1.54) is 24.4 Å². The third-order valence-electron chi connectivity index (χ3n) is 3.93. The zero-order chi connectivity index (χ0) is 20.4. The Labute approximate surface area is 167 Å². The van der Waals surface area contributed by atoms with Crippen LogP contribution in [0.5, 0.6) is 17.2 Å². The van der Waals surface area contributed by atoms with Crippen molar-refractivity contribution in [2.24, 2.45) is 0 Å². The normalized spacial score (nSPS) is 10.7. The molecule has 4 rings (SSSR count). The summed E-state index contributed by atoms with van der Waals surface area (Å²) < 4.78 is 39.7. The minimum atomic E-state index is -1.04. The maximum atomic E-state index is 14.8. The summed E-state index contributed by atoms with van der Waals surface area (Å²) in [6.07, 6.45) is 1.49. The Morgan fingerprint density at radius 3 is 2.86 bits per heavy atom. The van der Waals surface area contributed by atoms with Gasteiger partial charge in [0.2, 0.25) is 11.6 Å². The van der Waals surface area contributed by atoms with Crippen LogP contribution in [0.25, 0.3) is 11.0 Å². The molecule has 0 saturated carbocycles. The van der Waals surface area contributed by atoms with E-state index in [4.69, 9.17) is 26.3 Å². The van der Waals surface area contributed by atoms with E-state index in [0.29, 0.717) is 16.7 Å². The summed E-state index contributed by atoms with van der Waals surface area (Å²) in [4.78, 5) is 0. The zero-order valence-corrected chi connectivity index (χ0v) is 15.2. The Balaban J connectivity index is 1.60. The van der Waals surface area contributed by atoms with Crippen molar-refractivity contribution >= 4 is 22.6 Å². The van der Waals surface area contributed by atoms with Gasteiger partial charge in [-0.15, -0.1) is 5.10 Å². The van der Waals surface area contributed by atoms with Crippen molar-refractivity contribution in [1.82, 2.24) is 20.4 Å². The van der Waals surface area contributed by atoms with Crippen molar-refractivity contribution in [1.29, 1.82) is 5.26 Å². The average Bonchev–Trinajstić information content (AvgIpc) is 3.13. The van der Waals surface area contributed by atoms with Gasteiger partial charge in [0.25, 0.3) is 0 Å². The Hall–Kier alpha value is -3.77. The van der Waals surface area contributed by atoms with Gasteiger partial charge in [0.1, 0.15) is 18.1 Å². The summed E-state index contributed by atoms with van der Waals surface area (Å²) in [5.74, 6) is -2.87. The van der Waals surface area contributed by atoms with Crippen LogP contribution in [0.4, 0.5) is 8.78 Å². The lowest BCUT2D eigenvalue weighted by Gasteiger charge is -2.12. The number of nitrogens with one attached hydrogen (secondary N) is 1. The number of aromatic nitrogens is 4. The summed E-state index contributed by atoms with van der Waals surface area (Å²) >= 11 is 5.90. The number of nitrogens with zero attached hydrogens (tertiary/aromatic N) is 4. The highest BCUT2D eigenvalue weighted by Gasteiger charge is 2.19. The lowest BCUT2D eigenvalue weighted by molar-refractivity contribution is 0.279. The Morgan fingerprint density at radius 1 is 1.17 bits per heavy atom. The molecular weight excluding hydrogens is 404 g/mol. The molecule has 0 spiro atoms. The predicted octanol–water partition coefficient (Wildman–Crippen LogP) is 4.53. The molecule has 1 N–H and O–H groups in total. The summed E-state index contributed by atoms with van der Waals surface area (Å²) in [5, 5.41) is 24.2. The largest absolute Gasteiger partial charge is 0.484 e. The topological polar surface area (TPSA) is 96.7 Å². The van der Waals surface area contributed by atoms with Crippen molar-refractivity contribution in [3.8, 4) is 23.3 Å². The Morgan fingerprint density at radius 2 is 2.03 bits per heavy atom. The fraction of sp³-hybridized carbons (Fsp3) is 0.0526. The van der Waals surface area contributed by atoms with Gasteiger partial charge in [-0.3, -0.25) is 5.10 Å². The fourth-order valence-corrected chi connectivity index (χ4v) is 2.83. The lowest BCUT2D eigenvalue weighted by Crippen LogP contribution is -2.01. The van der Waals surface area contributed by atoms with E-state index in [-0.39, 0.29) is 28.7 Å². The van der Waals surface area contributed by atoms with Gasteiger partial charge in [0, 0.05) is 10.4 Å². The molecule has 0 aliphatic carbocycles. The molecule has 0 amide bonds. The van der Waals surface area contributed by atoms with Crippen LogP contribution in [0.15, 0.2) is 42.6 Å². The molecule has 0 radical (unpaired) electrons. The van der Waals surface area contributed by atoms with Gasteiger partial charge >= 0.3 is 0 Å². The summed E-state index contributed by atoms with van der Waals surface area (Å²) in [7, 11) is 0. The average molecular weight is 414 g/mol. The molecule has 29 heavy (non-hydrogen) atoms. The summed E-state index contributed by atoms with van der Waals surface area (Å²) in [6, 6.07) is 9.79. The molecule has 10 heteroatoms. The van der Waals surface area contributed by atoms with Gasteiger partial charge in [-0.25, -0.2) is 4.39 Å². The van der Waals surface area contributed by atoms with Crippen LogP contribution in [0.3, 0.4) is 0 Å². The van der Waals surface area contributed by atoms with Crippen LogP contribution in [0, 0.1) is 23.0 Å². The number of hydrogen-bond donors (Lipinski definition) is 1. The molecule has 0 atom stereocenters. The zero-order valence-electron chi connectivity index (χ0n) is 14.5. The molecule has 2 aromatic carbocycles. The lowest BCUT2D eigenvalue weighted by atomic mass is 10.2. The van der Waals surface area contributed by atoms with Gasteiger partial charge in [0.05, 0.1) is 17.8 Å². The van der Waals surface area contributed by atoms with Crippen LogP contribution in [0.1, 0.15) is 11.3 Å². The van der Waals surface area contributed by atoms with Gasteiger partial charge < -0.3 is 9.47 Å². The first-order chi connectivity index (χ1) is 14.0. The molecule has 7 nitrogen and oxygen atoms in total. The number of hydrogen-bond acceptors (Lipinski definition) is 6. The van der Waals surface area contributed by atoms with Crippen molar-refractivity contribution in [3.05, 3.63) is 70.5 Å². The molecular formula is C19H10ClF2N5O2. The molecule has 0 bridgehead atoms. The van der Waals surface area contributed by atoms with Gasteiger partial charge in [-0.1, -0.05) is 11.6 Å². The molecule has 2 aromatic heterocycles. The molecule has 0 unspecified atom stereocenters. The van der Waals surface area contributed by atoms with Crippen molar-refractivity contribution < 1.29 is 18.3 Å². The number of H-pyrrole nitrogens is 1. The number of fused-ring (bicyclic) bond motifs is 1. The minimum Gasteiger partial charge on any atom is -0.484 e. The van der Waals surface area contributed by atoms with E-state index in [1.54, 1.807) is 6.07 Å². The standard InChI is InChI=1S/C19H10ClF2N5O2/c20-11-5-10(8-23)6-12(7-11)29-18-14(21)1-2-16(17(18)22)28-9-15-13-3-4-24-26-19(13)27-25-15/h1-7H,9H2,(H,25,26,27). The van der Waals surface area contributed by atoms with E-state index < -0.39 is 17.4 Å². The fourth-order valence-electron chi connectivity index (χ4n) is 2.61. The highest BCUT2D eigenvalue weighted by molar-refractivity contribution is 6.30. The molecule has 4 aromatic rings. The van der Waals surface area contributed by atoms with E-state index in [9.17, 15) is 8.78 Å². The molecule has 0 aliphatic heterocycles. The number of benzene rings is 2. The van der Waals surface area contributed by atoms with Crippen LogP contribution >= 0.6 is 11.6 Å². The maximum Gasteiger partial charge on any atom is 0.210 e. The highest BCUT2D eigenvalue weighted by atomic mass is 35.5. The number of halogens is 3. The molecule has 144 valence electrons. The third kappa shape index (κ3) is 3.79. The number of rotatable bonds is 5. The Bertz CT molecular complexity index is 1260. The van der Waals surface area contributed by atoms with Crippen molar-refractivity contribution in [3.63, 3.8) is 0 Å². The highest BCUT2D eigenvalue weighted by Crippen LogP contribution is 2.34. The van der Waals surface area contributed by atoms with Gasteiger partial charge in [0.15, 0.2) is 17.2 Å².